The number of carbonyl (C=O) groups excluding carboxylic acids is 2. The minimum Gasteiger partial charge on any atom is -0.372 e. The van der Waals surface area contributed by atoms with Gasteiger partial charge in [-0.15, -0.1) is 0 Å². The molecule has 2 fully saturated rings. The zero-order valence-corrected chi connectivity index (χ0v) is 17.0. The maximum absolute atomic E-state index is 12.7. The van der Waals surface area contributed by atoms with Gasteiger partial charge >= 0.3 is 0 Å². The number of benzene rings is 1. The summed E-state index contributed by atoms with van der Waals surface area (Å²) in [6.07, 6.45) is 3.21. The molecule has 0 radical (unpaired) electrons. The summed E-state index contributed by atoms with van der Waals surface area (Å²) < 4.78 is 11.0. The van der Waals surface area contributed by atoms with Gasteiger partial charge in [0.15, 0.2) is 5.69 Å². The average molecular weight is 397 g/mol. The molecule has 7 heteroatoms. The van der Waals surface area contributed by atoms with Gasteiger partial charge in [0.1, 0.15) is 6.26 Å². The van der Waals surface area contributed by atoms with E-state index in [4.69, 9.17) is 9.26 Å². The summed E-state index contributed by atoms with van der Waals surface area (Å²) in [5.74, 6) is 0.00777. The topological polar surface area (TPSA) is 75.9 Å². The van der Waals surface area contributed by atoms with Crippen LogP contribution in [0.2, 0.25) is 0 Å². The minimum atomic E-state index is -0.397. The molecule has 4 rings (SSSR count). The average Bonchev–Trinajstić information content (AvgIpc) is 3.19. The Morgan fingerprint density at radius 1 is 1.21 bits per heavy atom. The monoisotopic (exact) mass is 397 g/mol. The number of carbonyl (C=O) groups is 2. The molecule has 2 aliphatic heterocycles. The van der Waals surface area contributed by atoms with E-state index in [2.05, 4.69) is 37.2 Å². The van der Waals surface area contributed by atoms with Crippen molar-refractivity contribution in [3.63, 3.8) is 0 Å². The Kier molecular flexibility index (Phi) is 5.41. The van der Waals surface area contributed by atoms with Crippen molar-refractivity contribution in [3.8, 4) is 0 Å². The Bertz CT molecular complexity index is 885. The Balaban J connectivity index is 1.45. The third kappa shape index (κ3) is 4.19. The first kappa shape index (κ1) is 19.6. The van der Waals surface area contributed by atoms with Crippen molar-refractivity contribution >= 4 is 11.8 Å². The van der Waals surface area contributed by atoms with E-state index < -0.39 is 5.60 Å². The van der Waals surface area contributed by atoms with Gasteiger partial charge in [0.05, 0.1) is 25.2 Å². The van der Waals surface area contributed by atoms with Crippen LogP contribution in [0.1, 0.15) is 46.4 Å². The zero-order valence-electron chi connectivity index (χ0n) is 17.0. The van der Waals surface area contributed by atoms with E-state index in [9.17, 15) is 9.59 Å². The summed E-state index contributed by atoms with van der Waals surface area (Å²) >= 11 is 0. The first-order valence-corrected chi connectivity index (χ1v) is 10.1. The van der Waals surface area contributed by atoms with Crippen LogP contribution in [0.15, 0.2) is 35.1 Å². The number of likely N-dealkylation sites (tertiary alicyclic amines) is 1. The molecule has 29 heavy (non-hydrogen) atoms. The quantitative estimate of drug-likeness (QED) is 0.796. The van der Waals surface area contributed by atoms with E-state index in [0.717, 1.165) is 0 Å². The first-order chi connectivity index (χ1) is 14.0. The molecule has 7 nitrogen and oxygen atoms in total. The SMILES string of the molecule is Cc1ccc(CN2CC3(CCN(C(=O)c4ccon4)CC3)OCCC2=O)c(C)c1. The van der Waals surface area contributed by atoms with Crippen LogP contribution >= 0.6 is 0 Å². The van der Waals surface area contributed by atoms with Crippen LogP contribution in [0.4, 0.5) is 0 Å². The number of ether oxygens (including phenoxy) is 1. The molecule has 0 bridgehead atoms. The third-order valence-corrected chi connectivity index (χ3v) is 6.03. The van der Waals surface area contributed by atoms with E-state index in [0.29, 0.717) is 57.7 Å². The summed E-state index contributed by atoms with van der Waals surface area (Å²) in [5, 5.41) is 3.74. The smallest absolute Gasteiger partial charge is 0.276 e. The molecule has 0 N–H and O–H groups in total. The second-order valence-corrected chi connectivity index (χ2v) is 8.14. The maximum Gasteiger partial charge on any atom is 0.276 e. The fourth-order valence-corrected chi connectivity index (χ4v) is 4.27. The fraction of sp³-hybridized carbons (Fsp3) is 0.500. The molecule has 0 unspecified atom stereocenters. The van der Waals surface area contributed by atoms with E-state index in [1.807, 2.05) is 4.90 Å². The van der Waals surface area contributed by atoms with Crippen LogP contribution in [0.3, 0.4) is 0 Å². The van der Waals surface area contributed by atoms with Gasteiger partial charge in [-0.1, -0.05) is 28.9 Å². The van der Waals surface area contributed by atoms with E-state index in [1.165, 1.54) is 23.0 Å². The molecule has 2 aromatic rings. The maximum atomic E-state index is 12.7. The van der Waals surface area contributed by atoms with Crippen molar-refractivity contribution in [1.29, 1.82) is 0 Å². The van der Waals surface area contributed by atoms with E-state index in [-0.39, 0.29) is 11.8 Å². The highest BCUT2D eigenvalue weighted by Crippen LogP contribution is 2.31. The number of piperidine rings is 1. The third-order valence-electron chi connectivity index (χ3n) is 6.03. The Labute approximate surface area is 170 Å². The molecule has 2 aliphatic rings. The number of hydrogen-bond acceptors (Lipinski definition) is 5. The molecule has 2 amide bonds. The number of aromatic nitrogens is 1. The van der Waals surface area contributed by atoms with Crippen molar-refractivity contribution in [2.45, 2.75) is 45.3 Å². The first-order valence-electron chi connectivity index (χ1n) is 10.1. The highest BCUT2D eigenvalue weighted by Gasteiger charge is 2.41. The molecule has 3 heterocycles. The number of aryl methyl sites for hydroxylation is 2. The Morgan fingerprint density at radius 3 is 2.69 bits per heavy atom. The lowest BCUT2D eigenvalue weighted by Crippen LogP contribution is -2.53. The van der Waals surface area contributed by atoms with Gasteiger partial charge in [0.2, 0.25) is 5.91 Å². The van der Waals surface area contributed by atoms with E-state index >= 15 is 0 Å². The standard InChI is InChI=1S/C22H27N3O4/c1-16-3-4-18(17(2)13-16)14-25-15-22(28-11-6-20(25)26)7-9-24(10-8-22)21(27)19-5-12-29-23-19/h3-5,12-13H,6-11,14-15H2,1-2H3. The Hall–Kier alpha value is -2.67. The minimum absolute atomic E-state index is 0.120. The van der Waals surface area contributed by atoms with Gasteiger partial charge in [0.25, 0.3) is 5.91 Å². The molecule has 1 spiro atoms. The lowest BCUT2D eigenvalue weighted by molar-refractivity contribution is -0.132. The summed E-state index contributed by atoms with van der Waals surface area (Å²) in [5.41, 5.74) is 3.52. The van der Waals surface area contributed by atoms with Crippen LogP contribution in [-0.4, -0.2) is 58.6 Å². The summed E-state index contributed by atoms with van der Waals surface area (Å²) in [6, 6.07) is 7.93. The molecule has 0 atom stereocenters. The number of amides is 2. The zero-order chi connectivity index (χ0) is 20.4. The van der Waals surface area contributed by atoms with Crippen LogP contribution in [0, 0.1) is 13.8 Å². The van der Waals surface area contributed by atoms with Crippen molar-refractivity contribution in [1.82, 2.24) is 15.0 Å². The van der Waals surface area contributed by atoms with Crippen LogP contribution < -0.4 is 0 Å². The summed E-state index contributed by atoms with van der Waals surface area (Å²) in [7, 11) is 0. The second kappa shape index (κ2) is 7.99. The van der Waals surface area contributed by atoms with Gasteiger partial charge in [-0.2, -0.15) is 0 Å². The predicted molar refractivity (Wildman–Crippen MR) is 106 cm³/mol. The Morgan fingerprint density at radius 2 is 2.00 bits per heavy atom. The van der Waals surface area contributed by atoms with Crippen molar-refractivity contribution in [2.75, 3.05) is 26.2 Å². The second-order valence-electron chi connectivity index (χ2n) is 8.14. The van der Waals surface area contributed by atoms with E-state index in [1.54, 1.807) is 11.0 Å². The molecular weight excluding hydrogens is 370 g/mol. The lowest BCUT2D eigenvalue weighted by atomic mass is 9.90. The predicted octanol–water partition coefficient (Wildman–Crippen LogP) is 2.72. The van der Waals surface area contributed by atoms with Gasteiger partial charge in [-0.05, 0) is 37.8 Å². The summed E-state index contributed by atoms with van der Waals surface area (Å²) in [6.45, 7) is 6.91. The fourth-order valence-electron chi connectivity index (χ4n) is 4.27. The van der Waals surface area contributed by atoms with Crippen molar-refractivity contribution in [2.24, 2.45) is 0 Å². The molecule has 2 saturated heterocycles. The molecular formula is C22H27N3O4. The van der Waals surface area contributed by atoms with Gasteiger partial charge < -0.3 is 19.1 Å². The largest absolute Gasteiger partial charge is 0.372 e. The number of hydrogen-bond donors (Lipinski definition) is 0. The number of rotatable bonds is 3. The van der Waals surface area contributed by atoms with Gasteiger partial charge in [-0.25, -0.2) is 0 Å². The molecule has 0 saturated carbocycles. The van der Waals surface area contributed by atoms with Crippen LogP contribution in [-0.2, 0) is 16.1 Å². The highest BCUT2D eigenvalue weighted by molar-refractivity contribution is 5.92. The van der Waals surface area contributed by atoms with Crippen LogP contribution in [0.25, 0.3) is 0 Å². The molecule has 0 aliphatic carbocycles. The highest BCUT2D eigenvalue weighted by atomic mass is 16.5. The van der Waals surface area contributed by atoms with Gasteiger partial charge in [-0.3, -0.25) is 9.59 Å². The normalized spacial score (nSPS) is 19.4. The number of nitrogens with zero attached hydrogens (tertiary/aromatic N) is 3. The van der Waals surface area contributed by atoms with Gasteiger partial charge in [0, 0.05) is 25.7 Å². The van der Waals surface area contributed by atoms with Crippen molar-refractivity contribution in [3.05, 3.63) is 52.9 Å². The molecule has 1 aromatic carbocycles. The lowest BCUT2D eigenvalue weighted by Gasteiger charge is -2.42. The molecule has 154 valence electrons. The van der Waals surface area contributed by atoms with Crippen LogP contribution in [0.5, 0.6) is 0 Å². The summed E-state index contributed by atoms with van der Waals surface area (Å²) in [4.78, 5) is 28.9. The molecule has 1 aromatic heterocycles. The van der Waals surface area contributed by atoms with Crippen molar-refractivity contribution < 1.29 is 18.8 Å².